The molecule has 3 N–H and O–H groups in total. The number of rotatable bonds is 7. The predicted octanol–water partition coefficient (Wildman–Crippen LogP) is 2.02. The molecule has 0 aromatic rings. The third-order valence-electron chi connectivity index (χ3n) is 2.08. The third kappa shape index (κ3) is 7.76. The zero-order valence-electron chi connectivity index (χ0n) is 14.3. The number of alkyl carbamates (subject to hydrolysis) is 1. The Labute approximate surface area is 112 Å². The second-order valence-corrected chi connectivity index (χ2v) is 4.53. The van der Waals surface area contributed by atoms with Gasteiger partial charge in [-0.25, -0.2) is 9.59 Å². The van der Waals surface area contributed by atoms with Crippen LogP contribution in [0.15, 0.2) is 0 Å². The monoisotopic (exact) mass is 263 g/mol. The summed E-state index contributed by atoms with van der Waals surface area (Å²) in [7, 11) is 0. The van der Waals surface area contributed by atoms with Crippen LogP contribution in [0.5, 0.6) is 0 Å². The van der Waals surface area contributed by atoms with E-state index in [1.807, 2.05) is 6.92 Å². The van der Waals surface area contributed by atoms with Gasteiger partial charge in [-0.1, -0.05) is 20.3 Å². The molecule has 0 aliphatic carbocycles. The van der Waals surface area contributed by atoms with E-state index in [0.29, 0.717) is 12.8 Å². The molecule has 0 spiro atoms. The van der Waals surface area contributed by atoms with E-state index >= 15 is 0 Å². The van der Waals surface area contributed by atoms with E-state index in [0.717, 1.165) is 0 Å². The number of carbonyl (C=O) groups excluding carboxylic acids is 2. The maximum absolute atomic E-state index is 11.6. The maximum atomic E-state index is 11.6. The maximum Gasteiger partial charge on any atom is 0.407 e. The summed E-state index contributed by atoms with van der Waals surface area (Å²) >= 11 is 0. The fourth-order valence-corrected chi connectivity index (χ4v) is 1.33. The number of nitrogens with two attached hydrogens (primary N) is 1. The van der Waals surface area contributed by atoms with Crippen LogP contribution in [0, 0.1) is 5.41 Å². The van der Waals surface area contributed by atoms with Crippen LogP contribution in [0.4, 0.5) is 9.59 Å². The normalized spacial score (nSPS) is 17.7. The molecule has 0 aromatic carbocycles. The minimum Gasteiger partial charge on any atom is -0.449 e. The molecule has 0 aromatic heterocycles. The molecule has 6 heteroatoms. The fourth-order valence-electron chi connectivity index (χ4n) is 1.33. The molecule has 0 aliphatic heterocycles. The van der Waals surface area contributed by atoms with Crippen molar-refractivity contribution in [2.45, 2.75) is 46.6 Å². The van der Waals surface area contributed by atoms with Crippen LogP contribution in [0.25, 0.3) is 0 Å². The van der Waals surface area contributed by atoms with E-state index in [1.54, 1.807) is 0 Å². The minimum absolute atomic E-state index is 0.310. The van der Waals surface area contributed by atoms with E-state index in [-0.39, 0.29) is 6.61 Å². The van der Waals surface area contributed by atoms with Gasteiger partial charge in [-0.2, -0.15) is 0 Å². The van der Waals surface area contributed by atoms with Gasteiger partial charge in [-0.15, -0.1) is 0 Å². The average molecular weight is 263 g/mol. The first-order valence-electron chi connectivity index (χ1n) is 7.26. The van der Waals surface area contributed by atoms with E-state index in [2.05, 4.69) is 10.1 Å². The molecule has 0 saturated heterocycles. The lowest BCUT2D eigenvalue weighted by Gasteiger charge is -2.27. The lowest BCUT2D eigenvalue weighted by Crippen LogP contribution is -2.37. The first-order valence-corrected chi connectivity index (χ1v) is 5.76. The largest absolute Gasteiger partial charge is 0.449 e. The Hall–Kier alpha value is -1.46. The molecule has 18 heavy (non-hydrogen) atoms. The van der Waals surface area contributed by atoms with Crippen LogP contribution < -0.4 is 11.1 Å². The third-order valence-corrected chi connectivity index (χ3v) is 2.08. The first-order chi connectivity index (χ1) is 9.33. The highest BCUT2D eigenvalue weighted by atomic mass is 16.6. The van der Waals surface area contributed by atoms with Crippen molar-refractivity contribution >= 4 is 12.2 Å². The Morgan fingerprint density at radius 2 is 2.11 bits per heavy atom. The predicted molar refractivity (Wildman–Crippen MR) is 68.2 cm³/mol. The molecule has 0 heterocycles. The summed E-state index contributed by atoms with van der Waals surface area (Å²) in [4.78, 5) is 22.4. The van der Waals surface area contributed by atoms with Crippen molar-refractivity contribution in [3.05, 3.63) is 0 Å². The summed E-state index contributed by atoms with van der Waals surface area (Å²) in [5.74, 6) is 0. The van der Waals surface area contributed by atoms with Crippen molar-refractivity contribution < 1.29 is 23.2 Å². The van der Waals surface area contributed by atoms with Crippen molar-refractivity contribution in [3.8, 4) is 0 Å². The molecule has 106 valence electrons. The van der Waals surface area contributed by atoms with Gasteiger partial charge in [0.1, 0.15) is 13.2 Å². The van der Waals surface area contributed by atoms with Crippen LogP contribution in [-0.2, 0) is 9.47 Å². The Morgan fingerprint density at radius 1 is 1.50 bits per heavy atom. The standard InChI is InChI=1S/C12H24N2O4/c1-5-6-12(4,7-17-10(13)15)8-18-11(16)14-9(2)3/h9H,5-8H2,1-4H3,(H2,13,15)(H,14,16)/i8D2,9D. The molecule has 0 aliphatic rings. The highest BCUT2D eigenvalue weighted by Gasteiger charge is 2.27. The van der Waals surface area contributed by atoms with E-state index in [4.69, 9.17) is 14.6 Å². The number of hydrogen-bond donors (Lipinski definition) is 2. The Balaban J connectivity index is 5.00. The second-order valence-electron chi connectivity index (χ2n) is 4.53. The number of primary amides is 1. The van der Waals surface area contributed by atoms with Gasteiger partial charge in [0, 0.05) is 11.4 Å². The number of nitrogens with one attached hydrogen (secondary N) is 1. The zero-order valence-corrected chi connectivity index (χ0v) is 11.3. The van der Waals surface area contributed by atoms with Gasteiger partial charge in [0.15, 0.2) is 0 Å². The van der Waals surface area contributed by atoms with Crippen LogP contribution in [0.3, 0.4) is 0 Å². The number of amides is 2. The molecular weight excluding hydrogens is 236 g/mol. The molecule has 2 amide bonds. The second kappa shape index (κ2) is 7.79. The van der Waals surface area contributed by atoms with Gasteiger partial charge >= 0.3 is 12.2 Å². The number of hydrogen-bond acceptors (Lipinski definition) is 4. The molecule has 6 nitrogen and oxygen atoms in total. The fraction of sp³-hybridized carbons (Fsp3) is 0.833. The van der Waals surface area contributed by atoms with E-state index in [9.17, 15) is 9.59 Å². The molecule has 1 atom stereocenters. The van der Waals surface area contributed by atoms with Crippen molar-refractivity contribution in [3.63, 3.8) is 0 Å². The smallest absolute Gasteiger partial charge is 0.407 e. The highest BCUT2D eigenvalue weighted by molar-refractivity contribution is 5.67. The topological polar surface area (TPSA) is 90.7 Å². The molecule has 0 radical (unpaired) electrons. The van der Waals surface area contributed by atoms with Crippen LogP contribution in [-0.4, -0.2) is 31.4 Å². The molecular formula is C12H24N2O4. The van der Waals surface area contributed by atoms with E-state index in [1.165, 1.54) is 20.8 Å². The summed E-state index contributed by atoms with van der Waals surface area (Å²) < 4.78 is 32.9. The Kier molecular flexibility index (Phi) is 5.03. The molecule has 1 unspecified atom stereocenters. The van der Waals surface area contributed by atoms with Crippen molar-refractivity contribution in [1.29, 1.82) is 0 Å². The minimum atomic E-state index is -2.40. The molecule has 0 bridgehead atoms. The van der Waals surface area contributed by atoms with Crippen molar-refractivity contribution in [2.75, 3.05) is 13.2 Å². The van der Waals surface area contributed by atoms with Gasteiger partial charge in [0.25, 0.3) is 0 Å². The van der Waals surface area contributed by atoms with Crippen molar-refractivity contribution in [2.24, 2.45) is 11.1 Å². The van der Waals surface area contributed by atoms with Crippen molar-refractivity contribution in [1.82, 2.24) is 5.32 Å². The van der Waals surface area contributed by atoms with Gasteiger partial charge in [0.2, 0.25) is 0 Å². The van der Waals surface area contributed by atoms with E-state index < -0.39 is 30.2 Å². The molecule has 0 fully saturated rings. The first kappa shape index (κ1) is 11.6. The van der Waals surface area contributed by atoms with Crippen LogP contribution in [0.1, 0.15) is 44.6 Å². The van der Waals surface area contributed by atoms with Gasteiger partial charge in [0.05, 0.1) is 4.11 Å². The van der Waals surface area contributed by atoms with Gasteiger partial charge in [-0.05, 0) is 20.3 Å². The summed E-state index contributed by atoms with van der Waals surface area (Å²) in [6.07, 6.45) is -1.18. The summed E-state index contributed by atoms with van der Waals surface area (Å²) in [6.45, 7) is 3.45. The Bertz CT molecular complexity index is 385. The lowest BCUT2D eigenvalue weighted by molar-refractivity contribution is 0.0333. The SMILES string of the molecule is [2H]C(C)(C)NC(=O)OC([2H])([2H])C(C)(CCC)COC(N)=O. The molecule has 0 rings (SSSR count). The zero-order chi connectivity index (χ0) is 16.9. The van der Waals surface area contributed by atoms with Crippen LogP contribution >= 0.6 is 0 Å². The number of ether oxygens (including phenoxy) is 2. The quantitative estimate of drug-likeness (QED) is 0.735. The van der Waals surface area contributed by atoms with Gasteiger partial charge < -0.3 is 20.5 Å². The molecule has 0 saturated carbocycles. The van der Waals surface area contributed by atoms with Crippen LogP contribution in [0.2, 0.25) is 0 Å². The lowest BCUT2D eigenvalue weighted by atomic mass is 9.87. The summed E-state index contributed by atoms with van der Waals surface area (Å²) in [5.41, 5.74) is 3.65. The average Bonchev–Trinajstić information content (AvgIpc) is 2.22. The van der Waals surface area contributed by atoms with Gasteiger partial charge in [-0.3, -0.25) is 0 Å². The highest BCUT2D eigenvalue weighted by Crippen LogP contribution is 2.24. The number of carbonyl (C=O) groups is 2. The summed E-state index contributed by atoms with van der Waals surface area (Å²) in [5, 5.41) is 2.19. The summed E-state index contributed by atoms with van der Waals surface area (Å²) in [6, 6.07) is -1.29. The Morgan fingerprint density at radius 3 is 2.56 bits per heavy atom.